The number of benzene rings is 18. The Bertz CT molecular complexity index is 7170. The molecule has 17 heteroatoms. The quantitative estimate of drug-likeness (QED) is 0.0819. The van der Waals surface area contributed by atoms with E-state index >= 15 is 0 Å². The van der Waals surface area contributed by atoms with Gasteiger partial charge in [-0.25, -0.2) is 0 Å². The average molecular weight is 2550 g/mol. The number of aliphatic hydroxyl groups excluding tert-OH is 1. The first-order chi connectivity index (χ1) is 61.0. The zero-order valence-corrected chi connectivity index (χ0v) is 85.2. The van der Waals surface area contributed by atoms with E-state index in [1.54, 1.807) is 0 Å². The number of allylic oxidation sites excluding steroid dienone is 2. The van der Waals surface area contributed by atoms with Crippen LogP contribution in [0.2, 0.25) is 0 Å². The normalized spacial score (nSPS) is 13.0. The maximum absolute atomic E-state index is 10.0. The number of aliphatic hydroxyl groups is 1. The Hall–Kier alpha value is -10.0. The summed E-state index contributed by atoms with van der Waals surface area (Å²) < 4.78 is 17.4. The zero-order valence-electron chi connectivity index (χ0n) is 67.7. The van der Waals surface area contributed by atoms with Crippen molar-refractivity contribution in [3.8, 4) is 33.8 Å². The predicted molar refractivity (Wildman–Crippen MR) is 530 cm³/mol. The molecule has 27 rings (SSSR count). The molecule has 0 saturated heterocycles. The van der Waals surface area contributed by atoms with E-state index in [1.807, 2.05) is 0 Å². The van der Waals surface area contributed by atoms with Gasteiger partial charge in [0.1, 0.15) is 0 Å². The first-order valence-corrected chi connectivity index (χ1v) is 51.6. The van der Waals surface area contributed by atoms with Crippen molar-refractivity contribution in [3.63, 3.8) is 0 Å². The van der Waals surface area contributed by atoms with Gasteiger partial charge in [0.05, 0.1) is 5.76 Å². The summed E-state index contributed by atoms with van der Waals surface area (Å²) in [6.07, 6.45) is 1.17. The van der Waals surface area contributed by atoms with Gasteiger partial charge in [0.2, 0.25) is 0 Å². The Balaban J connectivity index is 0.000000110. The third kappa shape index (κ3) is 15.5. The molecule has 1 N–H and O–H groups in total. The van der Waals surface area contributed by atoms with E-state index in [0.717, 1.165) is 50.3 Å². The number of carbonyl (C=O) groups is 1. The number of rotatable bonds is 4. The predicted octanol–water partition coefficient (Wildman–Crippen LogP) is 11.4. The number of nitrogens with zero attached hydrogens (tertiary/aromatic N) is 4. The molecule has 0 amide bonds. The van der Waals surface area contributed by atoms with Crippen LogP contribution in [0.1, 0.15) is 13.8 Å². The van der Waals surface area contributed by atoms with E-state index in [2.05, 4.69) is 369 Å². The van der Waals surface area contributed by atoms with Gasteiger partial charge in [0.15, 0.2) is 5.78 Å². The molecule has 9 heterocycles. The molecule has 6 aliphatic heterocycles. The topological polar surface area (TPSA) is 79.2 Å². The number of hydrogen-bond acceptors (Lipinski definition) is 6. The van der Waals surface area contributed by atoms with Gasteiger partial charge in [0.25, 0.3) is 0 Å². The second kappa shape index (κ2) is 34.8. The molecular formula is C110H65B2Ir3N4O2Se6-3. The van der Waals surface area contributed by atoms with Crippen LogP contribution in [0, 0.1) is 18.2 Å². The fourth-order valence-corrected chi connectivity index (χ4v) is 34.3. The van der Waals surface area contributed by atoms with Gasteiger partial charge in [-0.3, -0.25) is 4.79 Å². The van der Waals surface area contributed by atoms with Crippen LogP contribution < -0.4 is 91.2 Å². The van der Waals surface area contributed by atoms with E-state index in [9.17, 15) is 4.79 Å². The Morgan fingerprint density at radius 3 is 0.874 bits per heavy atom. The van der Waals surface area contributed by atoms with Crippen molar-refractivity contribution >= 4 is 310 Å². The van der Waals surface area contributed by atoms with E-state index in [-0.39, 0.29) is 175 Å². The van der Waals surface area contributed by atoms with Crippen LogP contribution >= 0.6 is 0 Å². The fraction of sp³-hybridized carbons (Fsp3) is 0.0182. The van der Waals surface area contributed by atoms with Gasteiger partial charge < -0.3 is 5.11 Å². The van der Waals surface area contributed by atoms with E-state index in [4.69, 9.17) is 20.1 Å². The Morgan fingerprint density at radius 2 is 0.551 bits per heavy atom. The number of hydrogen-bond donors (Lipinski definition) is 1. The summed E-state index contributed by atoms with van der Waals surface area (Å²) in [5, 5.41) is 27.7. The molecule has 0 aliphatic carbocycles. The minimum absolute atomic E-state index is 0. The molecule has 6 nitrogen and oxygen atoms in total. The summed E-state index contributed by atoms with van der Waals surface area (Å²) in [5.41, 5.74) is 22.5. The zero-order chi connectivity index (χ0) is 82.4. The van der Waals surface area contributed by atoms with Crippen molar-refractivity contribution < 1.29 is 70.2 Å². The molecule has 0 unspecified atom stereocenters. The fourth-order valence-electron chi connectivity index (χ4n) is 18.4. The number of para-hydroxylation sites is 3. The first kappa shape index (κ1) is 83.8. The second-order valence-corrected chi connectivity index (χ2v) is 45.4. The van der Waals surface area contributed by atoms with E-state index < -0.39 is 0 Å². The van der Waals surface area contributed by atoms with Crippen LogP contribution in [0.15, 0.2) is 358 Å². The summed E-state index contributed by atoms with van der Waals surface area (Å²) in [6.45, 7) is 3.37. The first-order valence-electron chi connectivity index (χ1n) is 41.3. The summed E-state index contributed by atoms with van der Waals surface area (Å²) in [6, 6.07) is 139. The molecule has 3 aromatic heterocycles. The van der Waals surface area contributed by atoms with Crippen LogP contribution in [0.5, 0.6) is 0 Å². The number of aromatic nitrogens is 3. The molecule has 21 aromatic rings. The van der Waals surface area contributed by atoms with Crippen LogP contribution in [0.4, 0.5) is 17.1 Å². The van der Waals surface area contributed by atoms with Crippen LogP contribution in [0.25, 0.3) is 131 Å². The van der Waals surface area contributed by atoms with Gasteiger partial charge in [0, 0.05) is 66.4 Å². The van der Waals surface area contributed by atoms with Gasteiger partial charge in [-0.2, -0.15) is 0 Å². The van der Waals surface area contributed by atoms with Gasteiger partial charge >= 0.3 is 721 Å². The summed E-state index contributed by atoms with van der Waals surface area (Å²) >= 11 is 1.17. The SMILES string of the molecule is CC(=O)C=C(C)O.[Ir].[Ir].[Ir].[c-]1c(-c2ccc3ccccc3n2)cc2c3c1[Se]c1cc4ccccc4cc1B3c1cc3ccccc3cc1[Se]2.[c-]1c(-c2ccc3ccccc3n2)cc2c3c1[Se]c1cc4ccccc4cc1B3c1cc3ccccc3cc1[Se]2.[c-]1c(-c2ccc3ccccc3n2)cc2c3c1[Se]c1cc4ccccc4cc1N3c1cc3ccccc3cc1[Se]2. The number of fused-ring (bicyclic) bond motifs is 21. The second-order valence-electron chi connectivity index (χ2n) is 32.0. The summed E-state index contributed by atoms with van der Waals surface area (Å²) in [7, 11) is 0. The molecule has 127 heavy (non-hydrogen) atoms. The molecule has 6 aliphatic rings. The van der Waals surface area contributed by atoms with Crippen molar-refractivity contribution in [2.45, 2.75) is 13.8 Å². The number of carbonyl (C=O) groups excluding carboxylic acids is 1. The third-order valence-corrected chi connectivity index (χ3v) is 37.9. The van der Waals surface area contributed by atoms with Crippen LogP contribution in [0.3, 0.4) is 0 Å². The van der Waals surface area contributed by atoms with Crippen molar-refractivity contribution in [1.29, 1.82) is 0 Å². The molecule has 609 valence electrons. The molecule has 0 fully saturated rings. The average Bonchev–Trinajstić information content (AvgIpc) is 0.722. The van der Waals surface area contributed by atoms with E-state index in [1.165, 1.54) is 204 Å². The van der Waals surface area contributed by atoms with Gasteiger partial charge in [-0.15, -0.1) is 0 Å². The number of anilines is 3. The molecule has 0 spiro atoms. The Kier molecular flexibility index (Phi) is 22.9. The van der Waals surface area contributed by atoms with Crippen molar-refractivity contribution in [2.24, 2.45) is 0 Å². The molecular weight excluding hydrogens is 2480 g/mol. The molecule has 18 aromatic carbocycles. The number of pyridine rings is 3. The molecule has 0 atom stereocenters. The van der Waals surface area contributed by atoms with E-state index in [0.29, 0.717) is 0 Å². The minimum atomic E-state index is -0.125. The monoisotopic (exact) mass is 2550 g/mol. The van der Waals surface area contributed by atoms with Crippen LogP contribution in [-0.4, -0.2) is 129 Å². The van der Waals surface area contributed by atoms with Gasteiger partial charge in [-0.05, 0) is 13.8 Å². The van der Waals surface area contributed by atoms with Crippen molar-refractivity contribution in [1.82, 2.24) is 15.0 Å². The van der Waals surface area contributed by atoms with Gasteiger partial charge in [-0.1, -0.05) is 0 Å². The van der Waals surface area contributed by atoms with Crippen LogP contribution in [-0.2, 0) is 65.1 Å². The summed E-state index contributed by atoms with van der Waals surface area (Å²) in [5.74, 6) is -0.0625. The van der Waals surface area contributed by atoms with Crippen molar-refractivity contribution in [2.75, 3.05) is 4.90 Å². The van der Waals surface area contributed by atoms with Crippen molar-refractivity contribution in [3.05, 3.63) is 376 Å². The molecule has 0 saturated carbocycles. The molecule has 3 radical (unpaired) electrons. The summed E-state index contributed by atoms with van der Waals surface area (Å²) in [4.78, 5) is 27.7. The molecule has 0 bridgehead atoms. The Morgan fingerprint density at radius 1 is 0.291 bits per heavy atom. The standard InChI is InChI=1S/2C35H19BNSe2.C35H19N2Se2.C5H8O2.3Ir/c2*1-3-10-24-17-31-27(15-22(24)8-1)36-28-16-23-9-2-4-11-25(23)18-32(28)39-34-20-26(19-33(38-31)35(34)36)30-14-13-21-7-5-6-12-29(21)37-30;1-3-10-24-17-31-29(15-22(24)8-1)37-30-16-23-9-2-4-11-25(23)18-32(30)39-34-20-26(19-33(38-31)35(34)37)28-14-13-21-7-5-6-12-27(21)36-28;1-4(6)3-5(2)7;;;/h3*1-19H;3,6H,1-2H3;;;/q3*-1;;;;. The third-order valence-electron chi connectivity index (χ3n) is 24.1. The maximum atomic E-state index is 10.0. The number of ketones is 1. The Labute approximate surface area is 813 Å².